The molecule has 2 aromatic rings. The summed E-state index contributed by atoms with van der Waals surface area (Å²) in [4.78, 5) is 0. The minimum absolute atomic E-state index is 0.179. The van der Waals surface area contributed by atoms with Crippen LogP contribution in [-0.4, -0.2) is 4.57 Å². The summed E-state index contributed by atoms with van der Waals surface area (Å²) >= 11 is 5.73. The Labute approximate surface area is 87.1 Å². The minimum Gasteiger partial charge on any atom is -0.345 e. The molecule has 1 nitrogen and oxygen atoms in total. The van der Waals surface area contributed by atoms with Crippen LogP contribution in [0.4, 0.5) is 4.39 Å². The highest BCUT2D eigenvalue weighted by molar-refractivity contribution is 6.31. The molecule has 0 atom stereocenters. The number of rotatable bonds is 1. The lowest BCUT2D eigenvalue weighted by Gasteiger charge is -2.09. The molecule has 0 saturated carbocycles. The summed E-state index contributed by atoms with van der Waals surface area (Å²) in [5, 5.41) is 1.07. The van der Waals surface area contributed by atoms with Crippen molar-refractivity contribution < 1.29 is 4.39 Å². The maximum Gasteiger partial charge on any atom is 0.142 e. The van der Waals surface area contributed by atoms with Crippen molar-refractivity contribution in [2.45, 2.75) is 19.9 Å². The van der Waals surface area contributed by atoms with E-state index >= 15 is 0 Å². The van der Waals surface area contributed by atoms with Gasteiger partial charge in [0.25, 0.3) is 0 Å². The Balaban J connectivity index is 2.74. The SMILES string of the molecule is CC(C)n1ccc2cc(F)c(Cl)cc21. The van der Waals surface area contributed by atoms with E-state index in [9.17, 15) is 4.39 Å². The smallest absolute Gasteiger partial charge is 0.142 e. The van der Waals surface area contributed by atoms with Gasteiger partial charge in [-0.1, -0.05) is 11.6 Å². The van der Waals surface area contributed by atoms with E-state index in [2.05, 4.69) is 18.4 Å². The standard InChI is InChI=1S/C11H11ClFN/c1-7(2)14-4-3-8-5-10(13)9(12)6-11(8)14/h3-7H,1-2H3. The molecule has 0 aliphatic heterocycles. The molecule has 0 spiro atoms. The van der Waals surface area contributed by atoms with Gasteiger partial charge in [-0.05, 0) is 32.0 Å². The molecule has 74 valence electrons. The molecule has 0 bridgehead atoms. The van der Waals surface area contributed by atoms with Crippen LogP contribution in [0.3, 0.4) is 0 Å². The fraction of sp³-hybridized carbons (Fsp3) is 0.273. The van der Waals surface area contributed by atoms with Gasteiger partial charge in [-0.3, -0.25) is 0 Å². The molecule has 0 fully saturated rings. The zero-order valence-corrected chi connectivity index (χ0v) is 8.85. The first-order chi connectivity index (χ1) is 6.59. The Bertz CT molecular complexity index is 473. The van der Waals surface area contributed by atoms with Gasteiger partial charge in [-0.15, -0.1) is 0 Å². The molecular formula is C11H11ClFN. The van der Waals surface area contributed by atoms with Gasteiger partial charge in [0.1, 0.15) is 5.82 Å². The van der Waals surface area contributed by atoms with Crippen LogP contribution in [0.1, 0.15) is 19.9 Å². The maximum absolute atomic E-state index is 13.1. The van der Waals surface area contributed by atoms with E-state index in [1.807, 2.05) is 12.3 Å². The maximum atomic E-state index is 13.1. The monoisotopic (exact) mass is 211 g/mol. The van der Waals surface area contributed by atoms with Gasteiger partial charge in [0.15, 0.2) is 0 Å². The average Bonchev–Trinajstić information content (AvgIpc) is 2.48. The molecule has 1 aromatic carbocycles. The highest BCUT2D eigenvalue weighted by Crippen LogP contribution is 2.25. The van der Waals surface area contributed by atoms with E-state index in [0.717, 1.165) is 10.9 Å². The summed E-state index contributed by atoms with van der Waals surface area (Å²) in [5.41, 5.74) is 0.978. The lowest BCUT2D eigenvalue weighted by atomic mass is 10.2. The third-order valence-corrected chi connectivity index (χ3v) is 2.61. The fourth-order valence-corrected chi connectivity index (χ4v) is 1.76. The predicted molar refractivity (Wildman–Crippen MR) is 57.3 cm³/mol. The molecule has 1 aromatic heterocycles. The van der Waals surface area contributed by atoms with E-state index in [1.54, 1.807) is 6.07 Å². The second-order valence-electron chi connectivity index (χ2n) is 3.64. The van der Waals surface area contributed by atoms with Crippen LogP contribution in [0.5, 0.6) is 0 Å². The Kier molecular flexibility index (Phi) is 2.23. The lowest BCUT2D eigenvalue weighted by Crippen LogP contribution is -1.97. The summed E-state index contributed by atoms with van der Waals surface area (Å²) in [5.74, 6) is -0.360. The molecule has 0 unspecified atom stereocenters. The minimum atomic E-state index is -0.360. The van der Waals surface area contributed by atoms with Gasteiger partial charge < -0.3 is 4.57 Å². The molecule has 2 rings (SSSR count). The van der Waals surface area contributed by atoms with Gasteiger partial charge in [0, 0.05) is 23.1 Å². The van der Waals surface area contributed by atoms with Crippen molar-refractivity contribution in [3.63, 3.8) is 0 Å². The average molecular weight is 212 g/mol. The Morgan fingerprint density at radius 1 is 1.36 bits per heavy atom. The molecule has 14 heavy (non-hydrogen) atoms. The topological polar surface area (TPSA) is 4.93 Å². The summed E-state index contributed by atoms with van der Waals surface area (Å²) in [6.45, 7) is 4.16. The fourth-order valence-electron chi connectivity index (χ4n) is 1.60. The zero-order valence-electron chi connectivity index (χ0n) is 8.09. The molecule has 0 N–H and O–H groups in total. The normalized spacial score (nSPS) is 11.5. The van der Waals surface area contributed by atoms with Crippen molar-refractivity contribution in [1.82, 2.24) is 4.57 Å². The van der Waals surface area contributed by atoms with Crippen molar-refractivity contribution in [2.24, 2.45) is 0 Å². The molecule has 0 amide bonds. The van der Waals surface area contributed by atoms with Gasteiger partial charge in [0.2, 0.25) is 0 Å². The largest absolute Gasteiger partial charge is 0.345 e. The number of hydrogen-bond donors (Lipinski definition) is 0. The van der Waals surface area contributed by atoms with Crippen LogP contribution in [-0.2, 0) is 0 Å². The molecule has 0 aliphatic rings. The summed E-state index contributed by atoms with van der Waals surface area (Å²) < 4.78 is 15.2. The molecule has 0 aliphatic carbocycles. The highest BCUT2D eigenvalue weighted by atomic mass is 35.5. The Hall–Kier alpha value is -1.02. The Morgan fingerprint density at radius 3 is 2.71 bits per heavy atom. The first-order valence-corrected chi connectivity index (χ1v) is 4.93. The van der Waals surface area contributed by atoms with E-state index in [1.165, 1.54) is 6.07 Å². The zero-order chi connectivity index (χ0) is 10.3. The molecular weight excluding hydrogens is 201 g/mol. The third-order valence-electron chi connectivity index (χ3n) is 2.32. The summed E-state index contributed by atoms with van der Waals surface area (Å²) in [6, 6.07) is 5.39. The van der Waals surface area contributed by atoms with Gasteiger partial charge >= 0.3 is 0 Å². The number of nitrogens with zero attached hydrogens (tertiary/aromatic N) is 1. The molecule has 3 heteroatoms. The Morgan fingerprint density at radius 2 is 2.07 bits per heavy atom. The first-order valence-electron chi connectivity index (χ1n) is 4.55. The van der Waals surface area contributed by atoms with E-state index in [0.29, 0.717) is 6.04 Å². The van der Waals surface area contributed by atoms with E-state index in [4.69, 9.17) is 11.6 Å². The van der Waals surface area contributed by atoms with Crippen molar-refractivity contribution in [2.75, 3.05) is 0 Å². The first kappa shape index (κ1) is 9.53. The summed E-state index contributed by atoms with van der Waals surface area (Å²) in [7, 11) is 0. The van der Waals surface area contributed by atoms with Crippen LogP contribution in [0.25, 0.3) is 10.9 Å². The highest BCUT2D eigenvalue weighted by Gasteiger charge is 2.07. The van der Waals surface area contributed by atoms with Crippen LogP contribution >= 0.6 is 11.6 Å². The number of aromatic nitrogens is 1. The van der Waals surface area contributed by atoms with E-state index < -0.39 is 0 Å². The van der Waals surface area contributed by atoms with Crippen LogP contribution in [0.2, 0.25) is 5.02 Å². The number of hydrogen-bond acceptors (Lipinski definition) is 0. The van der Waals surface area contributed by atoms with Crippen LogP contribution in [0.15, 0.2) is 24.4 Å². The third kappa shape index (κ3) is 1.40. The van der Waals surface area contributed by atoms with Crippen molar-refractivity contribution >= 4 is 22.5 Å². The number of benzene rings is 1. The van der Waals surface area contributed by atoms with Crippen molar-refractivity contribution in [1.29, 1.82) is 0 Å². The molecule has 0 saturated heterocycles. The quantitative estimate of drug-likeness (QED) is 0.672. The molecule has 1 heterocycles. The number of halogens is 2. The van der Waals surface area contributed by atoms with Gasteiger partial charge in [0.05, 0.1) is 5.02 Å². The van der Waals surface area contributed by atoms with Gasteiger partial charge in [-0.25, -0.2) is 4.39 Å². The molecule has 0 radical (unpaired) electrons. The van der Waals surface area contributed by atoms with Crippen LogP contribution < -0.4 is 0 Å². The second kappa shape index (κ2) is 3.28. The second-order valence-corrected chi connectivity index (χ2v) is 4.05. The van der Waals surface area contributed by atoms with Crippen molar-refractivity contribution in [3.05, 3.63) is 35.2 Å². The van der Waals surface area contributed by atoms with Crippen LogP contribution in [0, 0.1) is 5.82 Å². The van der Waals surface area contributed by atoms with E-state index in [-0.39, 0.29) is 10.8 Å². The van der Waals surface area contributed by atoms with Gasteiger partial charge in [-0.2, -0.15) is 0 Å². The van der Waals surface area contributed by atoms with Crippen molar-refractivity contribution in [3.8, 4) is 0 Å². The predicted octanol–water partition coefficient (Wildman–Crippen LogP) is 4.01. The number of fused-ring (bicyclic) bond motifs is 1. The summed E-state index contributed by atoms with van der Waals surface area (Å²) in [6.07, 6.45) is 1.95. The lowest BCUT2D eigenvalue weighted by molar-refractivity contribution is 0.619.